The summed E-state index contributed by atoms with van der Waals surface area (Å²) >= 11 is 0. The molecule has 1 heteroatoms. The van der Waals surface area contributed by atoms with Crippen molar-refractivity contribution in [2.75, 3.05) is 0 Å². The number of terminal acetylenes is 1. The van der Waals surface area contributed by atoms with E-state index in [0.29, 0.717) is 6.42 Å². The van der Waals surface area contributed by atoms with Crippen LogP contribution in [0.2, 0.25) is 0 Å². The molecule has 1 N–H and O–H groups in total. The molecule has 1 nitrogen and oxygen atoms in total. The summed E-state index contributed by atoms with van der Waals surface area (Å²) in [4.78, 5) is 0. The average Bonchev–Trinajstić information content (AvgIpc) is 1.85. The minimum absolute atomic E-state index is 0.536. The Kier molecular flexibility index (Phi) is 4.69. The summed E-state index contributed by atoms with van der Waals surface area (Å²) < 4.78 is 0. The number of aliphatic hydroxyl groups is 1. The highest BCUT2D eigenvalue weighted by Crippen LogP contribution is 1.92. The van der Waals surface area contributed by atoms with E-state index in [0.717, 1.165) is 6.42 Å². The van der Waals surface area contributed by atoms with Gasteiger partial charge in [-0.2, -0.15) is 0 Å². The molecule has 0 radical (unpaired) electrons. The van der Waals surface area contributed by atoms with Crippen LogP contribution in [-0.2, 0) is 0 Å². The summed E-state index contributed by atoms with van der Waals surface area (Å²) in [6, 6.07) is 0. The Labute approximate surface area is 56.1 Å². The van der Waals surface area contributed by atoms with E-state index in [1.54, 1.807) is 0 Å². The van der Waals surface area contributed by atoms with E-state index >= 15 is 0 Å². The smallest absolute Gasteiger partial charge is 0.115 e. The van der Waals surface area contributed by atoms with E-state index in [1.807, 2.05) is 6.92 Å². The van der Waals surface area contributed by atoms with E-state index in [2.05, 4.69) is 17.8 Å². The van der Waals surface area contributed by atoms with Gasteiger partial charge in [0, 0.05) is 0 Å². The molecule has 1 atom stereocenters. The second-order valence-corrected chi connectivity index (χ2v) is 1.72. The van der Waals surface area contributed by atoms with E-state index in [4.69, 9.17) is 11.5 Å². The number of hydrogen-bond acceptors (Lipinski definition) is 1. The molecule has 9 heavy (non-hydrogen) atoms. The van der Waals surface area contributed by atoms with Crippen molar-refractivity contribution >= 4 is 0 Å². The first-order chi connectivity index (χ1) is 4.31. The fourth-order valence-corrected chi connectivity index (χ4v) is 0.471. The summed E-state index contributed by atoms with van der Waals surface area (Å²) in [5, 5.41) is 8.91. The number of rotatable bonds is 2. The maximum atomic E-state index is 8.91. The van der Waals surface area contributed by atoms with Crippen LogP contribution < -0.4 is 0 Å². The Morgan fingerprint density at radius 1 is 1.67 bits per heavy atom. The van der Waals surface area contributed by atoms with Crippen molar-refractivity contribution < 1.29 is 5.11 Å². The second-order valence-electron chi connectivity index (χ2n) is 1.72. The monoisotopic (exact) mass is 122 g/mol. The zero-order chi connectivity index (χ0) is 7.11. The molecule has 0 aromatic carbocycles. The van der Waals surface area contributed by atoms with Crippen LogP contribution >= 0.6 is 0 Å². The number of aliphatic hydroxyl groups excluding tert-OH is 1. The zero-order valence-corrected chi connectivity index (χ0v) is 5.52. The van der Waals surface area contributed by atoms with Gasteiger partial charge in [-0.25, -0.2) is 0 Å². The second kappa shape index (κ2) is 5.22. The van der Waals surface area contributed by atoms with Gasteiger partial charge in [0.1, 0.15) is 6.10 Å². The lowest BCUT2D eigenvalue weighted by molar-refractivity contribution is 0.221. The lowest BCUT2D eigenvalue weighted by atomic mass is 10.2. The van der Waals surface area contributed by atoms with Crippen LogP contribution in [0.15, 0.2) is 0 Å². The molecule has 0 saturated carbocycles. The normalized spacial score (nSPS) is 10.8. The van der Waals surface area contributed by atoms with Gasteiger partial charge in [0.2, 0.25) is 0 Å². The van der Waals surface area contributed by atoms with Crippen LogP contribution in [0.25, 0.3) is 0 Å². The first kappa shape index (κ1) is 8.08. The van der Waals surface area contributed by atoms with Gasteiger partial charge in [0.15, 0.2) is 0 Å². The van der Waals surface area contributed by atoms with Crippen molar-refractivity contribution in [3.8, 4) is 24.2 Å². The summed E-state index contributed by atoms with van der Waals surface area (Å²) in [6.45, 7) is 1.99. The third-order valence-corrected chi connectivity index (χ3v) is 0.873. The maximum Gasteiger partial charge on any atom is 0.115 e. The Morgan fingerprint density at radius 2 is 2.33 bits per heavy atom. The van der Waals surface area contributed by atoms with Gasteiger partial charge in [-0.05, 0) is 18.3 Å². The standard InChI is InChI=1S/C8H10O/c1-3-5-7-8(9)6-4-2/h1,8-9H,4,6H2,2H3. The topological polar surface area (TPSA) is 20.2 Å². The van der Waals surface area contributed by atoms with Gasteiger partial charge in [-0.1, -0.05) is 19.3 Å². The lowest BCUT2D eigenvalue weighted by Gasteiger charge is -1.95. The first-order valence-corrected chi connectivity index (χ1v) is 2.95. The molecule has 0 aromatic rings. The van der Waals surface area contributed by atoms with Gasteiger partial charge in [0.25, 0.3) is 0 Å². The van der Waals surface area contributed by atoms with Gasteiger partial charge >= 0.3 is 0 Å². The highest BCUT2D eigenvalue weighted by Gasteiger charge is 1.92. The van der Waals surface area contributed by atoms with Crippen molar-refractivity contribution in [1.82, 2.24) is 0 Å². The minimum Gasteiger partial charge on any atom is -0.380 e. The van der Waals surface area contributed by atoms with E-state index in [1.165, 1.54) is 0 Å². The molecule has 0 spiro atoms. The third kappa shape index (κ3) is 4.94. The van der Waals surface area contributed by atoms with E-state index < -0.39 is 6.10 Å². The van der Waals surface area contributed by atoms with Crippen LogP contribution in [0.4, 0.5) is 0 Å². The Bertz CT molecular complexity index is 154. The SMILES string of the molecule is C#CC#CC(O)CCC. The van der Waals surface area contributed by atoms with Crippen LogP contribution in [0, 0.1) is 24.2 Å². The molecule has 0 amide bonds. The van der Waals surface area contributed by atoms with Crippen LogP contribution in [0.3, 0.4) is 0 Å². The van der Waals surface area contributed by atoms with Crippen molar-refractivity contribution in [3.63, 3.8) is 0 Å². The predicted molar refractivity (Wildman–Crippen MR) is 37.5 cm³/mol. The van der Waals surface area contributed by atoms with E-state index in [-0.39, 0.29) is 0 Å². The first-order valence-electron chi connectivity index (χ1n) is 2.95. The molecule has 0 bridgehead atoms. The van der Waals surface area contributed by atoms with Crippen molar-refractivity contribution in [2.45, 2.75) is 25.9 Å². The van der Waals surface area contributed by atoms with Gasteiger partial charge in [-0.3, -0.25) is 0 Å². The van der Waals surface area contributed by atoms with Gasteiger partial charge < -0.3 is 5.11 Å². The molecule has 1 unspecified atom stereocenters. The molecular weight excluding hydrogens is 112 g/mol. The average molecular weight is 122 g/mol. The van der Waals surface area contributed by atoms with Crippen LogP contribution in [0.1, 0.15) is 19.8 Å². The molecule has 0 aromatic heterocycles. The Balaban J connectivity index is 3.51. The Morgan fingerprint density at radius 3 is 2.78 bits per heavy atom. The molecule has 0 aliphatic heterocycles. The van der Waals surface area contributed by atoms with Gasteiger partial charge in [-0.15, -0.1) is 6.42 Å². The number of hydrogen-bond donors (Lipinski definition) is 1. The molecule has 0 heterocycles. The highest BCUT2D eigenvalue weighted by atomic mass is 16.3. The summed E-state index contributed by atoms with van der Waals surface area (Å²) in [5.74, 6) is 7.00. The molecule has 0 aliphatic rings. The zero-order valence-electron chi connectivity index (χ0n) is 5.52. The minimum atomic E-state index is -0.536. The molecule has 0 aliphatic carbocycles. The van der Waals surface area contributed by atoms with Crippen LogP contribution in [0.5, 0.6) is 0 Å². The summed E-state index contributed by atoms with van der Waals surface area (Å²) in [6.07, 6.45) is 5.94. The van der Waals surface area contributed by atoms with E-state index in [9.17, 15) is 0 Å². The van der Waals surface area contributed by atoms with Crippen molar-refractivity contribution in [2.24, 2.45) is 0 Å². The van der Waals surface area contributed by atoms with Gasteiger partial charge in [0.05, 0.1) is 0 Å². The summed E-state index contributed by atoms with van der Waals surface area (Å²) in [5.41, 5.74) is 0. The van der Waals surface area contributed by atoms with Crippen molar-refractivity contribution in [1.29, 1.82) is 0 Å². The molecule has 48 valence electrons. The predicted octanol–water partition coefficient (Wildman–Crippen LogP) is 0.784. The molecule has 0 rings (SSSR count). The summed E-state index contributed by atoms with van der Waals surface area (Å²) in [7, 11) is 0. The lowest BCUT2D eigenvalue weighted by Crippen LogP contribution is -2.00. The van der Waals surface area contributed by atoms with Crippen molar-refractivity contribution in [3.05, 3.63) is 0 Å². The van der Waals surface area contributed by atoms with Crippen LogP contribution in [-0.4, -0.2) is 11.2 Å². The quantitative estimate of drug-likeness (QED) is 0.537. The fourth-order valence-electron chi connectivity index (χ4n) is 0.471. The third-order valence-electron chi connectivity index (χ3n) is 0.873. The molecule has 0 saturated heterocycles. The molecular formula is C8H10O. The largest absolute Gasteiger partial charge is 0.380 e. The molecule has 0 fully saturated rings. The highest BCUT2D eigenvalue weighted by molar-refractivity contribution is 5.23. The fraction of sp³-hybridized carbons (Fsp3) is 0.500. The maximum absolute atomic E-state index is 8.91. The Hall–Kier alpha value is -0.920.